The third-order valence-electron chi connectivity index (χ3n) is 3.87. The monoisotopic (exact) mass is 308 g/mol. The highest BCUT2D eigenvalue weighted by Gasteiger charge is 2.12. The number of hydrogen-bond acceptors (Lipinski definition) is 2. The summed E-state index contributed by atoms with van der Waals surface area (Å²) in [5.74, 6) is -0.507. The first kappa shape index (κ1) is 15.2. The van der Waals surface area contributed by atoms with E-state index >= 15 is 0 Å². The van der Waals surface area contributed by atoms with E-state index in [-0.39, 0.29) is 17.6 Å². The van der Waals surface area contributed by atoms with E-state index in [2.05, 4.69) is 10.3 Å². The Morgan fingerprint density at radius 1 is 1.17 bits per heavy atom. The van der Waals surface area contributed by atoms with Gasteiger partial charge in [-0.1, -0.05) is 31.2 Å². The molecule has 1 N–H and O–H groups in total. The number of carbonyl (C=O) groups is 1. The molecular weight excluding hydrogens is 291 g/mol. The largest absolute Gasteiger partial charge is 0.351 e. The quantitative estimate of drug-likeness (QED) is 0.794. The molecule has 0 aliphatic heterocycles. The minimum absolute atomic E-state index is 0.0951. The van der Waals surface area contributed by atoms with Gasteiger partial charge in [0.05, 0.1) is 5.52 Å². The Labute approximate surface area is 134 Å². The average Bonchev–Trinajstić information content (AvgIpc) is 2.59. The predicted molar refractivity (Wildman–Crippen MR) is 88.9 cm³/mol. The van der Waals surface area contributed by atoms with Crippen molar-refractivity contribution in [2.24, 2.45) is 0 Å². The molecule has 0 aliphatic rings. The van der Waals surface area contributed by atoms with Crippen molar-refractivity contribution in [3.05, 3.63) is 77.7 Å². The van der Waals surface area contributed by atoms with Crippen molar-refractivity contribution in [1.29, 1.82) is 0 Å². The Hall–Kier alpha value is -2.75. The van der Waals surface area contributed by atoms with Gasteiger partial charge in [0.2, 0.25) is 0 Å². The van der Waals surface area contributed by atoms with E-state index in [9.17, 15) is 9.18 Å². The lowest BCUT2D eigenvalue weighted by Crippen LogP contribution is -2.27. The molecule has 0 saturated carbocycles. The molecule has 0 fully saturated rings. The maximum Gasteiger partial charge on any atom is 0.251 e. The van der Waals surface area contributed by atoms with Gasteiger partial charge in [0, 0.05) is 29.6 Å². The van der Waals surface area contributed by atoms with Crippen molar-refractivity contribution < 1.29 is 9.18 Å². The van der Waals surface area contributed by atoms with Crippen molar-refractivity contribution in [3.63, 3.8) is 0 Å². The molecule has 1 unspecified atom stereocenters. The number of carbonyl (C=O) groups excluding carboxylic acids is 1. The minimum Gasteiger partial charge on any atom is -0.351 e. The van der Waals surface area contributed by atoms with Crippen LogP contribution >= 0.6 is 0 Å². The highest BCUT2D eigenvalue weighted by atomic mass is 19.1. The smallest absolute Gasteiger partial charge is 0.251 e. The van der Waals surface area contributed by atoms with Crippen LogP contribution in [0, 0.1) is 5.82 Å². The third kappa shape index (κ3) is 3.37. The zero-order chi connectivity index (χ0) is 16.2. The van der Waals surface area contributed by atoms with Gasteiger partial charge in [-0.05, 0) is 35.9 Å². The van der Waals surface area contributed by atoms with Gasteiger partial charge in [-0.25, -0.2) is 4.39 Å². The van der Waals surface area contributed by atoms with Gasteiger partial charge < -0.3 is 5.32 Å². The van der Waals surface area contributed by atoms with Crippen molar-refractivity contribution in [3.8, 4) is 0 Å². The molecule has 1 aromatic heterocycles. The van der Waals surface area contributed by atoms with Crippen LogP contribution in [-0.2, 0) is 0 Å². The topological polar surface area (TPSA) is 42.0 Å². The normalized spacial score (nSPS) is 12.1. The number of pyridine rings is 1. The second-order valence-corrected chi connectivity index (χ2v) is 5.54. The van der Waals surface area contributed by atoms with Crippen molar-refractivity contribution in [2.45, 2.75) is 12.8 Å². The number of hydrogen-bond donors (Lipinski definition) is 1. The lowest BCUT2D eigenvalue weighted by atomic mass is 10.0. The standard InChI is InChI=1S/C19H17FN2O/c1-13(16-6-2-3-7-17(16)20)12-22-19(23)15-8-9-18-14(11-15)5-4-10-21-18/h2-11,13H,12H2,1H3,(H,22,23). The zero-order valence-electron chi connectivity index (χ0n) is 12.8. The first-order valence-corrected chi connectivity index (χ1v) is 7.52. The molecule has 2 aromatic carbocycles. The van der Waals surface area contributed by atoms with E-state index in [1.54, 1.807) is 30.5 Å². The first-order chi connectivity index (χ1) is 11.1. The fourth-order valence-electron chi connectivity index (χ4n) is 2.55. The maximum atomic E-state index is 13.7. The molecule has 3 nitrogen and oxygen atoms in total. The number of halogens is 1. The summed E-state index contributed by atoms with van der Waals surface area (Å²) >= 11 is 0. The lowest BCUT2D eigenvalue weighted by molar-refractivity contribution is 0.0951. The van der Waals surface area contributed by atoms with Crippen LogP contribution in [0.5, 0.6) is 0 Å². The summed E-state index contributed by atoms with van der Waals surface area (Å²) in [4.78, 5) is 16.5. The molecule has 1 heterocycles. The van der Waals surface area contributed by atoms with E-state index in [0.717, 1.165) is 10.9 Å². The van der Waals surface area contributed by atoms with Crippen LogP contribution in [0.25, 0.3) is 10.9 Å². The number of rotatable bonds is 4. The van der Waals surface area contributed by atoms with E-state index in [0.29, 0.717) is 17.7 Å². The highest BCUT2D eigenvalue weighted by Crippen LogP contribution is 2.18. The van der Waals surface area contributed by atoms with Crippen LogP contribution < -0.4 is 5.32 Å². The Bertz CT molecular complexity index is 847. The molecule has 0 aliphatic carbocycles. The van der Waals surface area contributed by atoms with E-state index in [4.69, 9.17) is 0 Å². The van der Waals surface area contributed by atoms with Crippen molar-refractivity contribution in [1.82, 2.24) is 10.3 Å². The fraction of sp³-hybridized carbons (Fsp3) is 0.158. The van der Waals surface area contributed by atoms with Gasteiger partial charge in [-0.3, -0.25) is 9.78 Å². The zero-order valence-corrected chi connectivity index (χ0v) is 12.8. The van der Waals surface area contributed by atoms with Gasteiger partial charge in [-0.2, -0.15) is 0 Å². The average molecular weight is 308 g/mol. The summed E-state index contributed by atoms with van der Waals surface area (Å²) in [5, 5.41) is 3.78. The number of benzene rings is 2. The molecule has 0 saturated heterocycles. The molecule has 4 heteroatoms. The summed E-state index contributed by atoms with van der Waals surface area (Å²) in [6.45, 7) is 2.27. The van der Waals surface area contributed by atoms with Crippen LogP contribution in [-0.4, -0.2) is 17.4 Å². The summed E-state index contributed by atoms with van der Waals surface area (Å²) < 4.78 is 13.7. The SMILES string of the molecule is CC(CNC(=O)c1ccc2ncccc2c1)c1ccccc1F. The number of aromatic nitrogens is 1. The van der Waals surface area contributed by atoms with Gasteiger partial charge in [0.15, 0.2) is 0 Å². The Morgan fingerprint density at radius 2 is 2.00 bits per heavy atom. The van der Waals surface area contributed by atoms with Crippen LogP contribution in [0.15, 0.2) is 60.8 Å². The van der Waals surface area contributed by atoms with Crippen LogP contribution in [0.3, 0.4) is 0 Å². The maximum absolute atomic E-state index is 13.7. The molecule has 1 atom stereocenters. The van der Waals surface area contributed by atoms with E-state index in [1.807, 2.05) is 31.2 Å². The molecule has 0 radical (unpaired) electrons. The van der Waals surface area contributed by atoms with Crippen LogP contribution in [0.1, 0.15) is 28.8 Å². The Morgan fingerprint density at radius 3 is 2.83 bits per heavy atom. The molecule has 3 rings (SSSR count). The van der Waals surface area contributed by atoms with Gasteiger partial charge in [-0.15, -0.1) is 0 Å². The molecular formula is C19H17FN2O. The summed E-state index contributed by atoms with van der Waals surface area (Å²) in [5.41, 5.74) is 2.03. The summed E-state index contributed by atoms with van der Waals surface area (Å²) in [7, 11) is 0. The Kier molecular flexibility index (Phi) is 4.33. The predicted octanol–water partition coefficient (Wildman–Crippen LogP) is 3.91. The number of fused-ring (bicyclic) bond motifs is 1. The second kappa shape index (κ2) is 6.57. The highest BCUT2D eigenvalue weighted by molar-refractivity contribution is 5.97. The number of nitrogens with one attached hydrogen (secondary N) is 1. The first-order valence-electron chi connectivity index (χ1n) is 7.52. The summed E-state index contributed by atoms with van der Waals surface area (Å²) in [6, 6.07) is 15.8. The van der Waals surface area contributed by atoms with Gasteiger partial charge in [0.1, 0.15) is 5.82 Å². The van der Waals surface area contributed by atoms with E-state index < -0.39 is 0 Å². The summed E-state index contributed by atoms with van der Waals surface area (Å²) in [6.07, 6.45) is 1.72. The molecule has 0 bridgehead atoms. The molecule has 116 valence electrons. The van der Waals surface area contributed by atoms with Gasteiger partial charge in [0.25, 0.3) is 5.91 Å². The van der Waals surface area contributed by atoms with Gasteiger partial charge >= 0.3 is 0 Å². The second-order valence-electron chi connectivity index (χ2n) is 5.54. The molecule has 23 heavy (non-hydrogen) atoms. The number of nitrogens with zero attached hydrogens (tertiary/aromatic N) is 1. The van der Waals surface area contributed by atoms with Crippen molar-refractivity contribution in [2.75, 3.05) is 6.54 Å². The van der Waals surface area contributed by atoms with Crippen LogP contribution in [0.4, 0.5) is 4.39 Å². The third-order valence-corrected chi connectivity index (χ3v) is 3.87. The van der Waals surface area contributed by atoms with Crippen LogP contribution in [0.2, 0.25) is 0 Å². The van der Waals surface area contributed by atoms with Crippen molar-refractivity contribution >= 4 is 16.8 Å². The minimum atomic E-state index is -0.244. The fourth-order valence-corrected chi connectivity index (χ4v) is 2.55. The lowest BCUT2D eigenvalue weighted by Gasteiger charge is -2.14. The molecule has 1 amide bonds. The molecule has 0 spiro atoms. The molecule has 3 aromatic rings. The Balaban J connectivity index is 1.70. The number of amides is 1. The van der Waals surface area contributed by atoms with E-state index in [1.165, 1.54) is 6.07 Å².